The van der Waals surface area contributed by atoms with Gasteiger partial charge in [-0.15, -0.1) is 0 Å². The molecule has 1 aliphatic carbocycles. The minimum absolute atomic E-state index is 0.0645. The maximum atomic E-state index is 12.6. The Morgan fingerprint density at radius 1 is 1.20 bits per heavy atom. The lowest BCUT2D eigenvalue weighted by Gasteiger charge is -2.43. The SMILES string of the molecule is C[C@@H]1CCN(C(=O)OC(C)(C)C)[C@@H](C)[C@@H]1NC(=O)CCc1nc(C2CCCC2)no1. The zero-order valence-electron chi connectivity index (χ0n) is 18.9. The molecule has 168 valence electrons. The van der Waals surface area contributed by atoms with E-state index in [1.165, 1.54) is 12.8 Å². The second kappa shape index (κ2) is 9.35. The molecule has 1 saturated carbocycles. The third kappa shape index (κ3) is 5.73. The standard InChI is InChI=1S/C22H36N4O4/c1-14-12-13-26(21(28)29-22(3,4)5)15(2)19(14)23-17(27)10-11-18-24-20(25-30-18)16-8-6-7-9-16/h14-16,19H,6-13H2,1-5H3,(H,23,27)/t14-,15+,19-/m1/s1. The second-order valence-corrected chi connectivity index (χ2v) is 9.80. The molecule has 0 aromatic carbocycles. The molecule has 2 amide bonds. The lowest BCUT2D eigenvalue weighted by atomic mass is 9.87. The molecule has 1 saturated heterocycles. The molecule has 3 rings (SSSR count). The van der Waals surface area contributed by atoms with Crippen molar-refractivity contribution in [2.75, 3.05) is 6.54 Å². The van der Waals surface area contributed by atoms with E-state index in [1.807, 2.05) is 27.7 Å². The minimum Gasteiger partial charge on any atom is -0.444 e. The van der Waals surface area contributed by atoms with Gasteiger partial charge in [0, 0.05) is 25.3 Å². The van der Waals surface area contributed by atoms with Crippen LogP contribution in [0.4, 0.5) is 4.79 Å². The highest BCUT2D eigenvalue weighted by Gasteiger charge is 2.38. The van der Waals surface area contributed by atoms with Gasteiger partial charge in [0.2, 0.25) is 11.8 Å². The average Bonchev–Trinajstić information content (AvgIpc) is 3.33. The number of nitrogens with one attached hydrogen (secondary N) is 1. The van der Waals surface area contributed by atoms with E-state index in [1.54, 1.807) is 4.90 Å². The monoisotopic (exact) mass is 420 g/mol. The largest absolute Gasteiger partial charge is 0.444 e. The summed E-state index contributed by atoms with van der Waals surface area (Å²) in [6.07, 6.45) is 5.88. The lowest BCUT2D eigenvalue weighted by Crippen LogP contribution is -2.59. The Morgan fingerprint density at radius 3 is 2.57 bits per heavy atom. The van der Waals surface area contributed by atoms with Crippen LogP contribution in [0.3, 0.4) is 0 Å². The van der Waals surface area contributed by atoms with Crippen LogP contribution in [0, 0.1) is 5.92 Å². The van der Waals surface area contributed by atoms with Crippen molar-refractivity contribution < 1.29 is 18.8 Å². The number of rotatable bonds is 5. The van der Waals surface area contributed by atoms with Gasteiger partial charge in [0.15, 0.2) is 5.82 Å². The van der Waals surface area contributed by atoms with Crippen LogP contribution >= 0.6 is 0 Å². The Labute approximate surface area is 179 Å². The zero-order chi connectivity index (χ0) is 21.9. The van der Waals surface area contributed by atoms with Crippen LogP contribution in [0.1, 0.15) is 90.8 Å². The molecule has 0 unspecified atom stereocenters. The highest BCUT2D eigenvalue weighted by Crippen LogP contribution is 2.32. The third-order valence-electron chi connectivity index (χ3n) is 6.18. The van der Waals surface area contributed by atoms with Crippen molar-refractivity contribution in [2.24, 2.45) is 5.92 Å². The second-order valence-electron chi connectivity index (χ2n) is 9.80. The predicted octanol–water partition coefficient (Wildman–Crippen LogP) is 3.81. The van der Waals surface area contributed by atoms with E-state index in [4.69, 9.17) is 9.26 Å². The lowest BCUT2D eigenvalue weighted by molar-refractivity contribution is -0.123. The summed E-state index contributed by atoms with van der Waals surface area (Å²) in [5.41, 5.74) is -0.542. The summed E-state index contributed by atoms with van der Waals surface area (Å²) in [7, 11) is 0. The quantitative estimate of drug-likeness (QED) is 0.778. The normalized spacial score (nSPS) is 25.4. The van der Waals surface area contributed by atoms with E-state index in [-0.39, 0.29) is 36.4 Å². The number of aromatic nitrogens is 2. The number of hydrogen-bond donors (Lipinski definition) is 1. The fourth-order valence-electron chi connectivity index (χ4n) is 4.43. The fraction of sp³-hybridized carbons (Fsp3) is 0.818. The molecule has 3 atom stereocenters. The Balaban J connectivity index is 1.52. The van der Waals surface area contributed by atoms with Gasteiger partial charge in [-0.25, -0.2) is 4.79 Å². The first-order chi connectivity index (χ1) is 14.1. The molecule has 0 radical (unpaired) electrons. The van der Waals surface area contributed by atoms with Crippen molar-refractivity contribution in [3.63, 3.8) is 0 Å². The molecule has 1 aliphatic heterocycles. The number of nitrogens with zero attached hydrogens (tertiary/aromatic N) is 3. The van der Waals surface area contributed by atoms with Crippen molar-refractivity contribution in [3.05, 3.63) is 11.7 Å². The van der Waals surface area contributed by atoms with Gasteiger partial charge in [-0.2, -0.15) is 4.98 Å². The number of hydrogen-bond acceptors (Lipinski definition) is 6. The smallest absolute Gasteiger partial charge is 0.410 e. The molecule has 2 fully saturated rings. The molecule has 0 spiro atoms. The topological polar surface area (TPSA) is 97.6 Å². The van der Waals surface area contributed by atoms with E-state index in [2.05, 4.69) is 22.4 Å². The van der Waals surface area contributed by atoms with Gasteiger partial charge in [-0.05, 0) is 52.9 Å². The molecular weight excluding hydrogens is 384 g/mol. The van der Waals surface area contributed by atoms with E-state index >= 15 is 0 Å². The maximum absolute atomic E-state index is 12.6. The summed E-state index contributed by atoms with van der Waals surface area (Å²) in [5.74, 6) is 1.92. The van der Waals surface area contributed by atoms with E-state index in [0.29, 0.717) is 24.8 Å². The third-order valence-corrected chi connectivity index (χ3v) is 6.18. The van der Waals surface area contributed by atoms with E-state index < -0.39 is 5.60 Å². The van der Waals surface area contributed by atoms with Crippen LogP contribution in [-0.2, 0) is 16.0 Å². The first-order valence-electron chi connectivity index (χ1n) is 11.3. The molecule has 1 N–H and O–H groups in total. The first-order valence-corrected chi connectivity index (χ1v) is 11.3. The van der Waals surface area contributed by atoms with Gasteiger partial charge in [0.05, 0.1) is 12.1 Å². The van der Waals surface area contributed by atoms with Crippen LogP contribution in [0.2, 0.25) is 0 Å². The maximum Gasteiger partial charge on any atom is 0.410 e. The number of amides is 2. The number of carbonyl (C=O) groups is 2. The van der Waals surface area contributed by atoms with Gasteiger partial charge in [-0.3, -0.25) is 4.79 Å². The zero-order valence-corrected chi connectivity index (χ0v) is 18.9. The van der Waals surface area contributed by atoms with Crippen molar-refractivity contribution in [1.29, 1.82) is 0 Å². The summed E-state index contributed by atoms with van der Waals surface area (Å²) < 4.78 is 10.9. The van der Waals surface area contributed by atoms with E-state index in [0.717, 1.165) is 25.1 Å². The Bertz CT molecular complexity index is 736. The van der Waals surface area contributed by atoms with Crippen molar-refractivity contribution >= 4 is 12.0 Å². The van der Waals surface area contributed by atoms with Gasteiger partial charge in [0.25, 0.3) is 0 Å². The van der Waals surface area contributed by atoms with Gasteiger partial charge in [-0.1, -0.05) is 24.9 Å². The molecule has 0 bridgehead atoms. The fourth-order valence-corrected chi connectivity index (χ4v) is 4.43. The van der Waals surface area contributed by atoms with Crippen LogP contribution in [0.15, 0.2) is 4.52 Å². The number of aryl methyl sites for hydroxylation is 1. The number of ether oxygens (including phenoxy) is 1. The summed E-state index contributed by atoms with van der Waals surface area (Å²) in [4.78, 5) is 31.4. The van der Waals surface area contributed by atoms with Crippen molar-refractivity contribution in [2.45, 2.75) is 103 Å². The number of piperidine rings is 1. The van der Waals surface area contributed by atoms with E-state index in [9.17, 15) is 9.59 Å². The van der Waals surface area contributed by atoms with Crippen LogP contribution in [-0.4, -0.2) is 51.3 Å². The predicted molar refractivity (Wildman–Crippen MR) is 112 cm³/mol. The Hall–Kier alpha value is -2.12. The molecule has 8 heteroatoms. The van der Waals surface area contributed by atoms with Crippen LogP contribution in [0.25, 0.3) is 0 Å². The van der Waals surface area contributed by atoms with Crippen molar-refractivity contribution in [1.82, 2.24) is 20.4 Å². The molecule has 8 nitrogen and oxygen atoms in total. The van der Waals surface area contributed by atoms with Gasteiger partial charge < -0.3 is 19.5 Å². The summed E-state index contributed by atoms with van der Waals surface area (Å²) >= 11 is 0. The molecule has 1 aromatic rings. The first kappa shape index (κ1) is 22.6. The highest BCUT2D eigenvalue weighted by molar-refractivity contribution is 5.76. The number of likely N-dealkylation sites (tertiary alicyclic amines) is 1. The molecule has 2 heterocycles. The average molecular weight is 421 g/mol. The molecule has 2 aliphatic rings. The van der Waals surface area contributed by atoms with Gasteiger partial charge in [0.1, 0.15) is 5.60 Å². The van der Waals surface area contributed by atoms with Gasteiger partial charge >= 0.3 is 6.09 Å². The summed E-state index contributed by atoms with van der Waals surface area (Å²) in [5, 5.41) is 7.22. The Morgan fingerprint density at radius 2 is 1.90 bits per heavy atom. The summed E-state index contributed by atoms with van der Waals surface area (Å²) in [6.45, 7) is 10.3. The van der Waals surface area contributed by atoms with Crippen LogP contribution < -0.4 is 5.32 Å². The number of carbonyl (C=O) groups excluding carboxylic acids is 2. The molecule has 30 heavy (non-hydrogen) atoms. The molecule has 1 aromatic heterocycles. The van der Waals surface area contributed by atoms with Crippen LogP contribution in [0.5, 0.6) is 0 Å². The summed E-state index contributed by atoms with van der Waals surface area (Å²) in [6, 6.07) is -0.250. The highest BCUT2D eigenvalue weighted by atomic mass is 16.6. The minimum atomic E-state index is -0.542. The molecular formula is C22H36N4O4. The van der Waals surface area contributed by atoms with Crippen molar-refractivity contribution in [3.8, 4) is 0 Å². The Kier molecular flexibility index (Phi) is 7.03.